The number of nitrogens with one attached hydrogen (secondary N) is 1. The van der Waals surface area contributed by atoms with Crippen molar-refractivity contribution >= 4 is 0 Å². The Bertz CT molecular complexity index is 333. The van der Waals surface area contributed by atoms with Crippen molar-refractivity contribution in [2.24, 2.45) is 5.73 Å². The van der Waals surface area contributed by atoms with Crippen LogP contribution in [-0.2, 0) is 12.7 Å². The van der Waals surface area contributed by atoms with Crippen molar-refractivity contribution in [3.05, 3.63) is 35.4 Å². The van der Waals surface area contributed by atoms with Gasteiger partial charge in [-0.1, -0.05) is 12.1 Å². The molecule has 0 fully saturated rings. The van der Waals surface area contributed by atoms with Crippen molar-refractivity contribution in [2.45, 2.75) is 32.1 Å². The average Bonchev–Trinajstić information content (AvgIpc) is 2.26. The number of alkyl halides is 3. The van der Waals surface area contributed by atoms with Crippen LogP contribution in [0.2, 0.25) is 0 Å². The Morgan fingerprint density at radius 2 is 1.82 bits per heavy atom. The molecule has 0 saturated carbocycles. The van der Waals surface area contributed by atoms with Crippen LogP contribution in [0, 0.1) is 0 Å². The summed E-state index contributed by atoms with van der Waals surface area (Å²) in [6.45, 7) is 3.15. The van der Waals surface area contributed by atoms with Crippen molar-refractivity contribution in [3.8, 4) is 0 Å². The normalized spacial score (nSPS) is 13.7. The Balaban J connectivity index is 2.51. The van der Waals surface area contributed by atoms with E-state index < -0.39 is 11.7 Å². The number of benzene rings is 1. The maximum atomic E-state index is 12.3. The summed E-state index contributed by atoms with van der Waals surface area (Å²) in [4.78, 5) is 0. The monoisotopic (exact) mass is 246 g/mol. The average molecular weight is 246 g/mol. The Hall–Kier alpha value is -1.07. The number of halogens is 3. The molecule has 0 aliphatic carbocycles. The molecule has 0 aromatic heterocycles. The highest BCUT2D eigenvalue weighted by Gasteiger charge is 2.29. The fourth-order valence-electron chi connectivity index (χ4n) is 1.46. The molecule has 0 amide bonds. The van der Waals surface area contributed by atoms with Gasteiger partial charge in [-0.3, -0.25) is 0 Å². The van der Waals surface area contributed by atoms with Gasteiger partial charge in [-0.25, -0.2) is 0 Å². The summed E-state index contributed by atoms with van der Waals surface area (Å²) >= 11 is 0. The standard InChI is InChI=1S/C12H17F3N2/c1-9(6-7-16)17-8-10-2-4-11(5-3-10)12(13,14)15/h2-5,9,17H,6-8,16H2,1H3. The molecule has 0 heterocycles. The molecular weight excluding hydrogens is 229 g/mol. The van der Waals surface area contributed by atoms with Crippen molar-refractivity contribution in [2.75, 3.05) is 6.54 Å². The third-order valence-corrected chi connectivity index (χ3v) is 2.54. The summed E-state index contributed by atoms with van der Waals surface area (Å²) in [5.41, 5.74) is 5.62. The lowest BCUT2D eigenvalue weighted by Gasteiger charge is -2.13. The molecule has 17 heavy (non-hydrogen) atoms. The van der Waals surface area contributed by atoms with E-state index in [2.05, 4.69) is 5.32 Å². The molecule has 1 aromatic carbocycles. The summed E-state index contributed by atoms with van der Waals surface area (Å²) in [5, 5.41) is 3.20. The third-order valence-electron chi connectivity index (χ3n) is 2.54. The molecule has 1 rings (SSSR count). The number of hydrogen-bond acceptors (Lipinski definition) is 2. The molecule has 0 aliphatic rings. The van der Waals surface area contributed by atoms with Crippen LogP contribution in [0.4, 0.5) is 13.2 Å². The predicted molar refractivity (Wildman–Crippen MR) is 61.4 cm³/mol. The molecule has 0 saturated heterocycles. The zero-order valence-electron chi connectivity index (χ0n) is 9.72. The molecule has 0 spiro atoms. The summed E-state index contributed by atoms with van der Waals surface area (Å²) in [7, 11) is 0. The Kier molecular flexibility index (Phi) is 4.96. The lowest BCUT2D eigenvalue weighted by atomic mass is 10.1. The number of nitrogens with two attached hydrogens (primary N) is 1. The van der Waals surface area contributed by atoms with Gasteiger partial charge in [-0.05, 0) is 37.6 Å². The van der Waals surface area contributed by atoms with E-state index in [1.165, 1.54) is 12.1 Å². The van der Waals surface area contributed by atoms with Gasteiger partial charge in [0.2, 0.25) is 0 Å². The minimum absolute atomic E-state index is 0.266. The maximum Gasteiger partial charge on any atom is 0.416 e. The highest BCUT2D eigenvalue weighted by Crippen LogP contribution is 2.28. The van der Waals surface area contributed by atoms with Crippen LogP contribution in [0.15, 0.2) is 24.3 Å². The molecule has 1 atom stereocenters. The minimum atomic E-state index is -4.27. The van der Waals surface area contributed by atoms with Crippen molar-refractivity contribution < 1.29 is 13.2 Å². The minimum Gasteiger partial charge on any atom is -0.330 e. The second kappa shape index (κ2) is 6.02. The van der Waals surface area contributed by atoms with Gasteiger partial charge in [0, 0.05) is 12.6 Å². The van der Waals surface area contributed by atoms with E-state index in [1.807, 2.05) is 6.92 Å². The van der Waals surface area contributed by atoms with Gasteiger partial charge < -0.3 is 11.1 Å². The first-order chi connectivity index (χ1) is 7.93. The topological polar surface area (TPSA) is 38.0 Å². The highest BCUT2D eigenvalue weighted by atomic mass is 19.4. The van der Waals surface area contributed by atoms with Gasteiger partial charge >= 0.3 is 6.18 Å². The van der Waals surface area contributed by atoms with Gasteiger partial charge in [0.05, 0.1) is 5.56 Å². The van der Waals surface area contributed by atoms with E-state index in [0.717, 1.165) is 24.1 Å². The van der Waals surface area contributed by atoms with Crippen molar-refractivity contribution in [3.63, 3.8) is 0 Å². The van der Waals surface area contributed by atoms with Crippen LogP contribution < -0.4 is 11.1 Å². The lowest BCUT2D eigenvalue weighted by Crippen LogP contribution is -2.27. The van der Waals surface area contributed by atoms with E-state index in [1.54, 1.807) is 0 Å². The van der Waals surface area contributed by atoms with Crippen LogP contribution in [0.5, 0.6) is 0 Å². The van der Waals surface area contributed by atoms with Gasteiger partial charge in [0.1, 0.15) is 0 Å². The predicted octanol–water partition coefficient (Wildman–Crippen LogP) is 2.53. The molecule has 96 valence electrons. The molecule has 2 nitrogen and oxygen atoms in total. The molecule has 1 unspecified atom stereocenters. The number of rotatable bonds is 5. The summed E-state index contributed by atoms with van der Waals surface area (Å²) in [5.74, 6) is 0. The van der Waals surface area contributed by atoms with Gasteiger partial charge in [0.15, 0.2) is 0 Å². The van der Waals surface area contributed by atoms with Crippen LogP contribution in [0.25, 0.3) is 0 Å². The zero-order valence-corrected chi connectivity index (χ0v) is 9.72. The van der Waals surface area contributed by atoms with Gasteiger partial charge in [0.25, 0.3) is 0 Å². The first-order valence-electron chi connectivity index (χ1n) is 5.53. The zero-order chi connectivity index (χ0) is 12.9. The molecule has 3 N–H and O–H groups in total. The van der Waals surface area contributed by atoms with Gasteiger partial charge in [-0.15, -0.1) is 0 Å². The molecular formula is C12H17F3N2. The quantitative estimate of drug-likeness (QED) is 0.837. The Morgan fingerprint density at radius 3 is 2.29 bits per heavy atom. The largest absolute Gasteiger partial charge is 0.416 e. The maximum absolute atomic E-state index is 12.3. The summed E-state index contributed by atoms with van der Waals surface area (Å²) in [6, 6.07) is 5.45. The third kappa shape index (κ3) is 4.75. The van der Waals surface area contributed by atoms with E-state index in [0.29, 0.717) is 13.1 Å². The number of hydrogen-bond donors (Lipinski definition) is 2. The van der Waals surface area contributed by atoms with E-state index in [-0.39, 0.29) is 6.04 Å². The Labute approximate surface area is 99.0 Å². The van der Waals surface area contributed by atoms with Crippen molar-refractivity contribution in [1.82, 2.24) is 5.32 Å². The fourth-order valence-corrected chi connectivity index (χ4v) is 1.46. The molecule has 0 radical (unpaired) electrons. The van der Waals surface area contributed by atoms with E-state index in [9.17, 15) is 13.2 Å². The summed E-state index contributed by atoms with van der Waals surface area (Å²) in [6.07, 6.45) is -3.42. The van der Waals surface area contributed by atoms with Crippen LogP contribution >= 0.6 is 0 Å². The van der Waals surface area contributed by atoms with Crippen molar-refractivity contribution in [1.29, 1.82) is 0 Å². The van der Waals surface area contributed by atoms with E-state index >= 15 is 0 Å². The summed E-state index contributed by atoms with van der Waals surface area (Å²) < 4.78 is 36.9. The van der Waals surface area contributed by atoms with E-state index in [4.69, 9.17) is 5.73 Å². The highest BCUT2D eigenvalue weighted by molar-refractivity contribution is 5.24. The molecule has 0 bridgehead atoms. The lowest BCUT2D eigenvalue weighted by molar-refractivity contribution is -0.137. The first-order valence-corrected chi connectivity index (χ1v) is 5.53. The molecule has 5 heteroatoms. The SMILES string of the molecule is CC(CCN)NCc1ccc(C(F)(F)F)cc1. The molecule has 0 aliphatic heterocycles. The second-order valence-corrected chi connectivity index (χ2v) is 4.05. The van der Waals surface area contributed by atoms with Gasteiger partial charge in [-0.2, -0.15) is 13.2 Å². The molecule has 1 aromatic rings. The van der Waals surface area contributed by atoms with Crippen LogP contribution in [-0.4, -0.2) is 12.6 Å². The fraction of sp³-hybridized carbons (Fsp3) is 0.500. The Morgan fingerprint density at radius 1 is 1.24 bits per heavy atom. The first kappa shape index (κ1) is 14.0. The van der Waals surface area contributed by atoms with Crippen LogP contribution in [0.1, 0.15) is 24.5 Å². The smallest absolute Gasteiger partial charge is 0.330 e. The van der Waals surface area contributed by atoms with Crippen LogP contribution in [0.3, 0.4) is 0 Å². The second-order valence-electron chi connectivity index (χ2n) is 4.05.